The summed E-state index contributed by atoms with van der Waals surface area (Å²) in [5.74, 6) is 0. The maximum Gasteiger partial charge on any atom is 0.159 e. The van der Waals surface area contributed by atoms with E-state index in [0.717, 1.165) is 36.2 Å². The van der Waals surface area contributed by atoms with Gasteiger partial charge in [0.15, 0.2) is 5.65 Å². The summed E-state index contributed by atoms with van der Waals surface area (Å²) in [7, 11) is 0. The van der Waals surface area contributed by atoms with Crippen LogP contribution in [-0.4, -0.2) is 37.5 Å². The number of pyridine rings is 1. The number of hydrogen-bond donors (Lipinski definition) is 0. The van der Waals surface area contributed by atoms with Crippen molar-refractivity contribution in [2.75, 3.05) is 13.1 Å². The fraction of sp³-hybridized carbons (Fsp3) is 0.450. The molecule has 1 atom stereocenters. The first-order valence-electron chi connectivity index (χ1n) is 9.29. The quantitative estimate of drug-likeness (QED) is 0.739. The fourth-order valence-electron chi connectivity index (χ4n) is 4.58. The highest BCUT2D eigenvalue weighted by molar-refractivity contribution is 5.79. The lowest BCUT2D eigenvalue weighted by atomic mass is 9.98. The highest BCUT2D eigenvalue weighted by Gasteiger charge is 2.36. The maximum atomic E-state index is 4.91. The number of aromatic nitrogens is 4. The third-order valence-electron chi connectivity index (χ3n) is 5.73. The van der Waals surface area contributed by atoms with Gasteiger partial charge in [-0.3, -0.25) is 9.88 Å². The van der Waals surface area contributed by atoms with Crippen molar-refractivity contribution in [2.24, 2.45) is 0 Å². The molecule has 3 aromatic rings. The largest absolute Gasteiger partial charge is 0.328 e. The summed E-state index contributed by atoms with van der Waals surface area (Å²) in [5, 5.41) is 0. The van der Waals surface area contributed by atoms with Gasteiger partial charge in [0.25, 0.3) is 0 Å². The molecule has 0 bridgehead atoms. The molecule has 5 nitrogen and oxygen atoms in total. The molecule has 0 spiro atoms. The Hall–Kier alpha value is -2.27. The van der Waals surface area contributed by atoms with Crippen LogP contribution in [0.2, 0.25) is 0 Å². The zero-order valence-electron chi connectivity index (χ0n) is 14.6. The van der Waals surface area contributed by atoms with Gasteiger partial charge in [-0.2, -0.15) is 0 Å². The monoisotopic (exact) mass is 333 g/mol. The van der Waals surface area contributed by atoms with Crippen molar-refractivity contribution >= 4 is 11.2 Å². The first-order chi connectivity index (χ1) is 12.3. The summed E-state index contributed by atoms with van der Waals surface area (Å²) in [6.45, 7) is 5.40. The molecule has 25 heavy (non-hydrogen) atoms. The zero-order chi connectivity index (χ0) is 16.8. The van der Waals surface area contributed by atoms with Crippen LogP contribution in [0.4, 0.5) is 0 Å². The number of aryl methyl sites for hydroxylation is 3. The Labute approximate surface area is 147 Å². The summed E-state index contributed by atoms with van der Waals surface area (Å²) in [6, 6.07) is 4.75. The van der Waals surface area contributed by atoms with Gasteiger partial charge in [-0.25, -0.2) is 9.97 Å². The Bertz CT molecular complexity index is 915. The topological polar surface area (TPSA) is 46.8 Å². The molecule has 128 valence electrons. The SMILES string of the molecule is Cc1cnc2c(n1)c1c(n2CCc2ccncc2)CCN2CCCC12. The molecule has 1 unspecified atom stereocenters. The first kappa shape index (κ1) is 15.0. The van der Waals surface area contributed by atoms with E-state index in [-0.39, 0.29) is 0 Å². The smallest absolute Gasteiger partial charge is 0.159 e. The summed E-state index contributed by atoms with van der Waals surface area (Å²) >= 11 is 0. The average Bonchev–Trinajstić information content (AvgIpc) is 3.22. The van der Waals surface area contributed by atoms with Gasteiger partial charge < -0.3 is 4.57 Å². The minimum absolute atomic E-state index is 0.546. The summed E-state index contributed by atoms with van der Waals surface area (Å²) in [4.78, 5) is 16.4. The van der Waals surface area contributed by atoms with Crippen molar-refractivity contribution in [2.45, 2.75) is 45.2 Å². The Kier molecular flexibility index (Phi) is 3.55. The van der Waals surface area contributed by atoms with E-state index in [4.69, 9.17) is 9.97 Å². The standard InChI is InChI=1S/C20H23N5/c1-14-13-22-20-19(23-14)18-16-3-2-10-24(16)11-7-17(18)25(20)12-6-15-4-8-21-9-5-15/h4-5,8-9,13,16H,2-3,6-7,10-12H2,1H3. The van der Waals surface area contributed by atoms with Crippen LogP contribution in [0.5, 0.6) is 0 Å². The number of nitrogens with zero attached hydrogens (tertiary/aromatic N) is 5. The minimum atomic E-state index is 0.546. The molecule has 5 heterocycles. The lowest BCUT2D eigenvalue weighted by Gasteiger charge is -2.30. The van der Waals surface area contributed by atoms with E-state index < -0.39 is 0 Å². The van der Waals surface area contributed by atoms with Crippen molar-refractivity contribution in [1.29, 1.82) is 0 Å². The molecule has 3 aromatic heterocycles. The second kappa shape index (κ2) is 5.92. The molecule has 0 aliphatic carbocycles. The van der Waals surface area contributed by atoms with Crippen LogP contribution in [-0.2, 0) is 19.4 Å². The summed E-state index contributed by atoms with van der Waals surface area (Å²) in [5.41, 5.74) is 7.47. The van der Waals surface area contributed by atoms with E-state index in [0.29, 0.717) is 6.04 Å². The molecule has 2 aliphatic heterocycles. The van der Waals surface area contributed by atoms with E-state index in [1.165, 1.54) is 42.8 Å². The second-order valence-corrected chi connectivity index (χ2v) is 7.25. The third-order valence-corrected chi connectivity index (χ3v) is 5.73. The molecule has 1 saturated heterocycles. The average molecular weight is 333 g/mol. The molecule has 2 aliphatic rings. The zero-order valence-corrected chi connectivity index (χ0v) is 14.6. The van der Waals surface area contributed by atoms with Gasteiger partial charge in [0.05, 0.1) is 11.9 Å². The molecule has 0 N–H and O–H groups in total. The lowest BCUT2D eigenvalue weighted by Crippen LogP contribution is -2.31. The molecule has 0 saturated carbocycles. The minimum Gasteiger partial charge on any atom is -0.328 e. The van der Waals surface area contributed by atoms with Crippen LogP contribution in [0.1, 0.15) is 41.4 Å². The normalized spacial score (nSPS) is 20.0. The fourth-order valence-corrected chi connectivity index (χ4v) is 4.58. The molecular formula is C20H23N5. The van der Waals surface area contributed by atoms with Crippen LogP contribution >= 0.6 is 0 Å². The molecule has 1 fully saturated rings. The van der Waals surface area contributed by atoms with Gasteiger partial charge in [0.1, 0.15) is 5.52 Å². The summed E-state index contributed by atoms with van der Waals surface area (Å²) < 4.78 is 2.44. The van der Waals surface area contributed by atoms with Crippen LogP contribution in [0.3, 0.4) is 0 Å². The van der Waals surface area contributed by atoms with Crippen LogP contribution in [0.25, 0.3) is 11.2 Å². The van der Waals surface area contributed by atoms with E-state index in [9.17, 15) is 0 Å². The number of hydrogen-bond acceptors (Lipinski definition) is 4. The Balaban J connectivity index is 1.61. The van der Waals surface area contributed by atoms with Gasteiger partial charge in [-0.1, -0.05) is 0 Å². The molecule has 0 radical (unpaired) electrons. The highest BCUT2D eigenvalue weighted by atomic mass is 15.2. The molecule has 0 amide bonds. The van der Waals surface area contributed by atoms with Crippen LogP contribution in [0.15, 0.2) is 30.7 Å². The lowest BCUT2D eigenvalue weighted by molar-refractivity contribution is 0.241. The predicted octanol–water partition coefficient (Wildman–Crippen LogP) is 3.07. The van der Waals surface area contributed by atoms with Gasteiger partial charge in [-0.05, 0) is 50.4 Å². The van der Waals surface area contributed by atoms with Crippen molar-refractivity contribution in [1.82, 2.24) is 24.4 Å². The Morgan fingerprint density at radius 2 is 2.08 bits per heavy atom. The van der Waals surface area contributed by atoms with Gasteiger partial charge in [0.2, 0.25) is 0 Å². The number of rotatable bonds is 3. The van der Waals surface area contributed by atoms with E-state index in [1.54, 1.807) is 0 Å². The van der Waals surface area contributed by atoms with Gasteiger partial charge in [0, 0.05) is 49.2 Å². The predicted molar refractivity (Wildman–Crippen MR) is 97.5 cm³/mol. The molecule has 5 heteroatoms. The van der Waals surface area contributed by atoms with E-state index >= 15 is 0 Å². The Morgan fingerprint density at radius 1 is 1.20 bits per heavy atom. The van der Waals surface area contributed by atoms with Crippen molar-refractivity contribution in [3.63, 3.8) is 0 Å². The van der Waals surface area contributed by atoms with Crippen LogP contribution < -0.4 is 0 Å². The van der Waals surface area contributed by atoms with Gasteiger partial charge in [-0.15, -0.1) is 0 Å². The van der Waals surface area contributed by atoms with Crippen molar-refractivity contribution in [3.8, 4) is 0 Å². The molecule has 0 aromatic carbocycles. The second-order valence-electron chi connectivity index (χ2n) is 7.25. The maximum absolute atomic E-state index is 4.91. The van der Waals surface area contributed by atoms with Gasteiger partial charge >= 0.3 is 0 Å². The Morgan fingerprint density at radius 3 is 2.96 bits per heavy atom. The van der Waals surface area contributed by atoms with Crippen molar-refractivity contribution in [3.05, 3.63) is 53.2 Å². The molecular weight excluding hydrogens is 310 g/mol. The van der Waals surface area contributed by atoms with Crippen LogP contribution in [0, 0.1) is 6.92 Å². The van der Waals surface area contributed by atoms with Crippen molar-refractivity contribution < 1.29 is 0 Å². The van der Waals surface area contributed by atoms with E-state index in [1.807, 2.05) is 25.5 Å². The first-order valence-corrected chi connectivity index (χ1v) is 9.29. The highest BCUT2D eigenvalue weighted by Crippen LogP contribution is 2.41. The van der Waals surface area contributed by atoms with E-state index in [2.05, 4.69) is 26.6 Å². The molecule has 5 rings (SSSR count). The summed E-state index contributed by atoms with van der Waals surface area (Å²) in [6.07, 6.45) is 10.3. The third kappa shape index (κ3) is 2.45. The number of fused-ring (bicyclic) bond motifs is 5.